The SMILES string of the molecule is CC(NC(=O)Nc1ccc(N2CCCCC2)c(Cl)c1)c1ccc(S(N)(=O)=O)cc1. The van der Waals surface area contributed by atoms with Gasteiger partial charge in [0.2, 0.25) is 10.0 Å². The van der Waals surface area contributed by atoms with Gasteiger partial charge in [-0.1, -0.05) is 23.7 Å². The van der Waals surface area contributed by atoms with Crippen molar-refractivity contribution in [1.29, 1.82) is 0 Å². The van der Waals surface area contributed by atoms with Crippen LogP contribution < -0.4 is 20.7 Å². The van der Waals surface area contributed by atoms with Gasteiger partial charge in [0.1, 0.15) is 0 Å². The maximum atomic E-state index is 12.3. The molecule has 1 aliphatic rings. The number of carbonyl (C=O) groups excluding carboxylic acids is 1. The van der Waals surface area contributed by atoms with Crippen LogP contribution in [0.1, 0.15) is 37.8 Å². The third-order valence-corrected chi connectivity index (χ3v) is 6.19. The number of halogens is 1. The Morgan fingerprint density at radius 2 is 1.76 bits per heavy atom. The Hall–Kier alpha value is -2.29. The van der Waals surface area contributed by atoms with Gasteiger partial charge < -0.3 is 15.5 Å². The number of sulfonamides is 1. The molecule has 0 spiro atoms. The van der Waals surface area contributed by atoms with Gasteiger partial charge in [0.05, 0.1) is 21.6 Å². The number of urea groups is 1. The number of nitrogens with zero attached hydrogens (tertiary/aromatic N) is 1. The van der Waals surface area contributed by atoms with Crippen LogP contribution in [0.5, 0.6) is 0 Å². The minimum atomic E-state index is -3.74. The van der Waals surface area contributed by atoms with Gasteiger partial charge in [0.15, 0.2) is 0 Å². The fourth-order valence-corrected chi connectivity index (χ4v) is 4.18. The number of benzene rings is 2. The number of nitrogens with two attached hydrogens (primary N) is 1. The second-order valence-corrected chi connectivity index (χ2v) is 9.12. The van der Waals surface area contributed by atoms with Gasteiger partial charge in [-0.2, -0.15) is 0 Å². The molecule has 1 fully saturated rings. The monoisotopic (exact) mass is 436 g/mol. The Morgan fingerprint density at radius 1 is 1.10 bits per heavy atom. The molecule has 7 nitrogen and oxygen atoms in total. The maximum Gasteiger partial charge on any atom is 0.319 e. The number of hydrogen-bond donors (Lipinski definition) is 3. The van der Waals surface area contributed by atoms with E-state index in [4.69, 9.17) is 16.7 Å². The molecule has 2 amide bonds. The summed E-state index contributed by atoms with van der Waals surface area (Å²) in [4.78, 5) is 14.6. The largest absolute Gasteiger partial charge is 0.370 e. The molecule has 1 atom stereocenters. The van der Waals surface area contributed by atoms with Gasteiger partial charge in [-0.3, -0.25) is 0 Å². The van der Waals surface area contributed by atoms with Crippen LogP contribution >= 0.6 is 11.6 Å². The summed E-state index contributed by atoms with van der Waals surface area (Å²) in [6.07, 6.45) is 3.57. The van der Waals surface area contributed by atoms with E-state index < -0.39 is 10.0 Å². The van der Waals surface area contributed by atoms with Crippen LogP contribution in [-0.4, -0.2) is 27.5 Å². The van der Waals surface area contributed by atoms with E-state index >= 15 is 0 Å². The van der Waals surface area contributed by atoms with Crippen molar-refractivity contribution in [1.82, 2.24) is 5.32 Å². The van der Waals surface area contributed by atoms with E-state index in [0.29, 0.717) is 10.7 Å². The van der Waals surface area contributed by atoms with E-state index in [9.17, 15) is 13.2 Å². The van der Waals surface area contributed by atoms with Gasteiger partial charge in [-0.05, 0) is 62.1 Å². The van der Waals surface area contributed by atoms with E-state index in [2.05, 4.69) is 15.5 Å². The van der Waals surface area contributed by atoms with E-state index in [-0.39, 0.29) is 17.0 Å². The average molecular weight is 437 g/mol. The zero-order valence-electron chi connectivity index (χ0n) is 16.2. The third kappa shape index (κ3) is 5.62. The number of primary sulfonamides is 1. The third-order valence-electron chi connectivity index (χ3n) is 4.96. The lowest BCUT2D eigenvalue weighted by atomic mass is 10.1. The lowest BCUT2D eigenvalue weighted by Gasteiger charge is -2.29. The summed E-state index contributed by atoms with van der Waals surface area (Å²) in [7, 11) is -3.74. The highest BCUT2D eigenvalue weighted by molar-refractivity contribution is 7.89. The lowest BCUT2D eigenvalue weighted by molar-refractivity contribution is 0.249. The van der Waals surface area contributed by atoms with Crippen molar-refractivity contribution in [3.8, 4) is 0 Å². The van der Waals surface area contributed by atoms with Crippen molar-refractivity contribution in [2.24, 2.45) is 5.14 Å². The summed E-state index contributed by atoms with van der Waals surface area (Å²) in [6.45, 7) is 3.79. The summed E-state index contributed by atoms with van der Waals surface area (Å²) in [5.41, 5.74) is 2.34. The summed E-state index contributed by atoms with van der Waals surface area (Å²) in [6, 6.07) is 10.9. The molecule has 156 valence electrons. The minimum Gasteiger partial charge on any atom is -0.370 e. The van der Waals surface area contributed by atoms with Crippen LogP contribution in [0.2, 0.25) is 5.02 Å². The van der Waals surface area contributed by atoms with Crippen molar-refractivity contribution in [3.05, 3.63) is 53.1 Å². The van der Waals surface area contributed by atoms with Crippen molar-refractivity contribution >= 4 is 39.0 Å². The second-order valence-electron chi connectivity index (χ2n) is 7.15. The van der Waals surface area contributed by atoms with Gasteiger partial charge >= 0.3 is 6.03 Å². The molecule has 2 aromatic carbocycles. The first kappa shape index (κ1) is 21.4. The summed E-state index contributed by atoms with van der Waals surface area (Å²) < 4.78 is 22.7. The molecule has 2 aromatic rings. The number of carbonyl (C=O) groups is 1. The van der Waals surface area contributed by atoms with Crippen molar-refractivity contribution < 1.29 is 13.2 Å². The fraction of sp³-hybridized carbons (Fsp3) is 0.350. The van der Waals surface area contributed by atoms with E-state index in [1.165, 1.54) is 18.6 Å². The molecule has 1 heterocycles. The summed E-state index contributed by atoms with van der Waals surface area (Å²) in [5, 5.41) is 11.3. The standard InChI is InChI=1S/C20H25ClN4O3S/c1-14(15-5-8-17(9-6-15)29(22,27)28)23-20(26)24-16-7-10-19(18(21)13-16)25-11-3-2-4-12-25/h5-10,13-14H,2-4,11-12H2,1H3,(H2,22,27,28)(H2,23,24,26). The van der Waals surface area contributed by atoms with Crippen molar-refractivity contribution in [2.45, 2.75) is 37.1 Å². The Labute approximate surface area is 176 Å². The molecular weight excluding hydrogens is 412 g/mol. The van der Waals surface area contributed by atoms with Crippen LogP contribution in [0.25, 0.3) is 0 Å². The number of nitrogens with one attached hydrogen (secondary N) is 2. The second kappa shape index (κ2) is 9.02. The van der Waals surface area contributed by atoms with Gasteiger partial charge in [-0.25, -0.2) is 18.4 Å². The van der Waals surface area contributed by atoms with Crippen LogP contribution in [0.15, 0.2) is 47.4 Å². The van der Waals surface area contributed by atoms with Crippen LogP contribution in [0, 0.1) is 0 Å². The molecule has 0 saturated carbocycles. The van der Waals surface area contributed by atoms with Gasteiger partial charge in [0.25, 0.3) is 0 Å². The zero-order chi connectivity index (χ0) is 21.0. The Kier molecular flexibility index (Phi) is 6.66. The first-order valence-corrected chi connectivity index (χ1v) is 11.4. The predicted octanol–water partition coefficient (Wildman–Crippen LogP) is 3.86. The van der Waals surface area contributed by atoms with Crippen LogP contribution in [-0.2, 0) is 10.0 Å². The molecule has 29 heavy (non-hydrogen) atoms. The van der Waals surface area contributed by atoms with Gasteiger partial charge in [0, 0.05) is 18.8 Å². The smallest absolute Gasteiger partial charge is 0.319 e. The number of anilines is 2. The molecule has 9 heteroatoms. The molecule has 4 N–H and O–H groups in total. The number of hydrogen-bond acceptors (Lipinski definition) is 4. The Bertz CT molecular complexity index is 974. The Balaban J connectivity index is 1.60. The van der Waals surface area contributed by atoms with E-state index in [0.717, 1.165) is 37.2 Å². The molecule has 0 bridgehead atoms. The maximum absolute atomic E-state index is 12.3. The number of piperidine rings is 1. The Morgan fingerprint density at radius 3 is 2.34 bits per heavy atom. The van der Waals surface area contributed by atoms with E-state index in [1.54, 1.807) is 25.1 Å². The van der Waals surface area contributed by atoms with Gasteiger partial charge in [-0.15, -0.1) is 0 Å². The first-order valence-electron chi connectivity index (χ1n) is 9.49. The van der Waals surface area contributed by atoms with Crippen molar-refractivity contribution in [2.75, 3.05) is 23.3 Å². The highest BCUT2D eigenvalue weighted by Gasteiger charge is 2.16. The number of amides is 2. The molecule has 1 unspecified atom stereocenters. The average Bonchev–Trinajstić information content (AvgIpc) is 2.68. The fourth-order valence-electron chi connectivity index (χ4n) is 3.37. The molecule has 0 aliphatic carbocycles. The zero-order valence-corrected chi connectivity index (χ0v) is 17.8. The predicted molar refractivity (Wildman–Crippen MR) is 116 cm³/mol. The topological polar surface area (TPSA) is 105 Å². The first-order chi connectivity index (χ1) is 13.7. The summed E-state index contributed by atoms with van der Waals surface area (Å²) >= 11 is 6.43. The van der Waals surface area contributed by atoms with E-state index in [1.807, 2.05) is 12.1 Å². The summed E-state index contributed by atoms with van der Waals surface area (Å²) in [5.74, 6) is 0. The molecule has 3 rings (SSSR count). The molecule has 1 saturated heterocycles. The quantitative estimate of drug-likeness (QED) is 0.661. The normalized spacial score (nSPS) is 15.6. The highest BCUT2D eigenvalue weighted by Crippen LogP contribution is 2.30. The number of rotatable bonds is 5. The van der Waals surface area contributed by atoms with Crippen molar-refractivity contribution in [3.63, 3.8) is 0 Å². The van der Waals surface area contributed by atoms with Crippen LogP contribution in [0.3, 0.4) is 0 Å². The molecule has 0 radical (unpaired) electrons. The highest BCUT2D eigenvalue weighted by atomic mass is 35.5. The lowest BCUT2D eigenvalue weighted by Crippen LogP contribution is -2.31. The molecule has 0 aromatic heterocycles. The minimum absolute atomic E-state index is 0.0290. The molecule has 1 aliphatic heterocycles. The molecular formula is C20H25ClN4O3S. The van der Waals surface area contributed by atoms with Crippen LogP contribution in [0.4, 0.5) is 16.2 Å².